The molecule has 1 aromatic carbocycles. The predicted molar refractivity (Wildman–Crippen MR) is 96.2 cm³/mol. The SMILES string of the molecule is Cn1cc(CN2CCC(N)C2)c(C(=O)NC2Cc3ccccc3C2)n1. The van der Waals surface area contributed by atoms with Crippen LogP contribution >= 0.6 is 0 Å². The molecule has 1 aromatic heterocycles. The van der Waals surface area contributed by atoms with E-state index in [0.717, 1.165) is 44.5 Å². The van der Waals surface area contributed by atoms with Crippen LogP contribution in [0.25, 0.3) is 0 Å². The zero-order chi connectivity index (χ0) is 17.4. The van der Waals surface area contributed by atoms with E-state index in [0.29, 0.717) is 5.69 Å². The molecule has 0 radical (unpaired) electrons. The van der Waals surface area contributed by atoms with Gasteiger partial charge < -0.3 is 11.1 Å². The van der Waals surface area contributed by atoms with Crippen LogP contribution in [0.15, 0.2) is 30.5 Å². The quantitative estimate of drug-likeness (QED) is 0.866. The van der Waals surface area contributed by atoms with E-state index in [4.69, 9.17) is 5.73 Å². The summed E-state index contributed by atoms with van der Waals surface area (Å²) in [5.41, 5.74) is 10.2. The Hall–Kier alpha value is -2.18. The normalized spacial score (nSPS) is 20.8. The van der Waals surface area contributed by atoms with Crippen molar-refractivity contribution in [2.24, 2.45) is 12.8 Å². The number of nitrogens with zero attached hydrogens (tertiary/aromatic N) is 3. The molecule has 2 aliphatic rings. The lowest BCUT2D eigenvalue weighted by Gasteiger charge is -2.15. The number of benzene rings is 1. The van der Waals surface area contributed by atoms with E-state index < -0.39 is 0 Å². The van der Waals surface area contributed by atoms with Crippen LogP contribution in [0.2, 0.25) is 0 Å². The van der Waals surface area contributed by atoms with Gasteiger partial charge >= 0.3 is 0 Å². The first-order valence-electron chi connectivity index (χ1n) is 8.96. The molecule has 0 spiro atoms. The Kier molecular flexibility index (Phi) is 4.31. The van der Waals surface area contributed by atoms with Gasteiger partial charge in [0, 0.05) is 50.5 Å². The lowest BCUT2D eigenvalue weighted by molar-refractivity contribution is 0.0931. The molecule has 132 valence electrons. The van der Waals surface area contributed by atoms with E-state index in [-0.39, 0.29) is 18.0 Å². The number of hydrogen-bond acceptors (Lipinski definition) is 4. The molecule has 1 aliphatic carbocycles. The molecule has 25 heavy (non-hydrogen) atoms. The number of nitrogens with two attached hydrogens (primary N) is 1. The molecule has 1 saturated heterocycles. The van der Waals surface area contributed by atoms with Gasteiger partial charge in [-0.2, -0.15) is 5.10 Å². The van der Waals surface area contributed by atoms with E-state index in [2.05, 4.69) is 39.6 Å². The predicted octanol–water partition coefficient (Wildman–Crippen LogP) is 0.850. The average molecular weight is 339 g/mol. The first kappa shape index (κ1) is 16.3. The highest BCUT2D eigenvalue weighted by atomic mass is 16.2. The summed E-state index contributed by atoms with van der Waals surface area (Å²) in [4.78, 5) is 15.1. The Labute approximate surface area is 148 Å². The molecule has 1 amide bonds. The van der Waals surface area contributed by atoms with Crippen LogP contribution in [-0.2, 0) is 26.4 Å². The summed E-state index contributed by atoms with van der Waals surface area (Å²) in [6, 6.07) is 8.79. The second-order valence-corrected chi connectivity index (χ2v) is 7.31. The third-order valence-electron chi connectivity index (χ3n) is 5.21. The monoisotopic (exact) mass is 339 g/mol. The van der Waals surface area contributed by atoms with Crippen molar-refractivity contribution in [1.29, 1.82) is 0 Å². The van der Waals surface area contributed by atoms with Crippen LogP contribution in [0, 0.1) is 0 Å². The summed E-state index contributed by atoms with van der Waals surface area (Å²) in [6.45, 7) is 2.60. The topological polar surface area (TPSA) is 76.2 Å². The van der Waals surface area contributed by atoms with Crippen molar-refractivity contribution in [1.82, 2.24) is 20.0 Å². The number of hydrogen-bond donors (Lipinski definition) is 2. The second kappa shape index (κ2) is 6.61. The van der Waals surface area contributed by atoms with E-state index in [1.807, 2.05) is 13.2 Å². The lowest BCUT2D eigenvalue weighted by atomic mass is 10.1. The summed E-state index contributed by atoms with van der Waals surface area (Å²) in [7, 11) is 1.86. The van der Waals surface area contributed by atoms with Gasteiger partial charge in [0.1, 0.15) is 0 Å². The maximum absolute atomic E-state index is 12.8. The molecule has 4 rings (SSSR count). The smallest absolute Gasteiger partial charge is 0.272 e. The van der Waals surface area contributed by atoms with Gasteiger partial charge in [-0.3, -0.25) is 14.4 Å². The minimum absolute atomic E-state index is 0.0723. The average Bonchev–Trinajstić information content (AvgIpc) is 3.26. The number of aromatic nitrogens is 2. The number of amides is 1. The zero-order valence-corrected chi connectivity index (χ0v) is 14.6. The maximum Gasteiger partial charge on any atom is 0.272 e. The number of carbonyl (C=O) groups excluding carboxylic acids is 1. The zero-order valence-electron chi connectivity index (χ0n) is 14.6. The third-order valence-corrected chi connectivity index (χ3v) is 5.21. The molecule has 2 aromatic rings. The van der Waals surface area contributed by atoms with Gasteiger partial charge in [-0.1, -0.05) is 24.3 Å². The highest BCUT2D eigenvalue weighted by Crippen LogP contribution is 2.22. The molecule has 0 bridgehead atoms. The number of likely N-dealkylation sites (tertiary alicyclic amines) is 1. The first-order valence-corrected chi connectivity index (χ1v) is 8.96. The van der Waals surface area contributed by atoms with Crippen LogP contribution in [0.3, 0.4) is 0 Å². The largest absolute Gasteiger partial charge is 0.347 e. The molecule has 3 N–H and O–H groups in total. The molecule has 1 fully saturated rings. The number of rotatable bonds is 4. The van der Waals surface area contributed by atoms with Crippen molar-refractivity contribution in [3.8, 4) is 0 Å². The maximum atomic E-state index is 12.8. The Morgan fingerprint density at radius 3 is 2.68 bits per heavy atom. The van der Waals surface area contributed by atoms with Crippen LogP contribution in [0.5, 0.6) is 0 Å². The van der Waals surface area contributed by atoms with Crippen LogP contribution in [0.4, 0.5) is 0 Å². The van der Waals surface area contributed by atoms with Crippen molar-refractivity contribution >= 4 is 5.91 Å². The van der Waals surface area contributed by atoms with E-state index >= 15 is 0 Å². The van der Waals surface area contributed by atoms with Crippen molar-refractivity contribution in [2.75, 3.05) is 13.1 Å². The Morgan fingerprint density at radius 1 is 1.32 bits per heavy atom. The number of aryl methyl sites for hydroxylation is 1. The molecule has 2 heterocycles. The van der Waals surface area contributed by atoms with Gasteiger partial charge in [-0.25, -0.2) is 0 Å². The third kappa shape index (κ3) is 3.45. The fourth-order valence-electron chi connectivity index (χ4n) is 4.01. The molecule has 1 unspecified atom stereocenters. The van der Waals surface area contributed by atoms with Crippen molar-refractivity contribution in [3.05, 3.63) is 52.8 Å². The summed E-state index contributed by atoms with van der Waals surface area (Å²) in [5, 5.41) is 7.58. The number of carbonyl (C=O) groups is 1. The van der Waals surface area contributed by atoms with Crippen molar-refractivity contribution < 1.29 is 4.79 Å². The summed E-state index contributed by atoms with van der Waals surface area (Å²) in [5.74, 6) is -0.0723. The molecule has 0 saturated carbocycles. The molecular formula is C19H25N5O. The molecular weight excluding hydrogens is 314 g/mol. The molecule has 1 atom stereocenters. The Morgan fingerprint density at radius 2 is 2.04 bits per heavy atom. The second-order valence-electron chi connectivity index (χ2n) is 7.31. The Bertz CT molecular complexity index is 759. The number of nitrogens with one attached hydrogen (secondary N) is 1. The summed E-state index contributed by atoms with van der Waals surface area (Å²) in [6.07, 6.45) is 4.75. The standard InChI is InChI=1S/C19H25N5O/c1-23-10-15(11-24-7-6-16(20)12-24)18(22-23)19(25)21-17-8-13-4-2-3-5-14(13)9-17/h2-5,10,16-17H,6-9,11-12,20H2,1H3,(H,21,25). The molecule has 6 heteroatoms. The first-order chi connectivity index (χ1) is 12.1. The fourth-order valence-corrected chi connectivity index (χ4v) is 4.01. The van der Waals surface area contributed by atoms with E-state index in [1.165, 1.54) is 11.1 Å². The molecule has 1 aliphatic heterocycles. The van der Waals surface area contributed by atoms with Gasteiger partial charge in [0.25, 0.3) is 5.91 Å². The van der Waals surface area contributed by atoms with Gasteiger partial charge in [0.15, 0.2) is 5.69 Å². The fraction of sp³-hybridized carbons (Fsp3) is 0.474. The minimum atomic E-state index is -0.0723. The van der Waals surface area contributed by atoms with Crippen molar-refractivity contribution in [3.63, 3.8) is 0 Å². The van der Waals surface area contributed by atoms with Crippen LogP contribution < -0.4 is 11.1 Å². The number of fused-ring (bicyclic) bond motifs is 1. The van der Waals surface area contributed by atoms with Gasteiger partial charge in [0.05, 0.1) is 0 Å². The van der Waals surface area contributed by atoms with Crippen LogP contribution in [0.1, 0.15) is 33.6 Å². The van der Waals surface area contributed by atoms with Crippen molar-refractivity contribution in [2.45, 2.75) is 37.9 Å². The van der Waals surface area contributed by atoms with E-state index in [9.17, 15) is 4.79 Å². The highest BCUT2D eigenvalue weighted by molar-refractivity contribution is 5.94. The minimum Gasteiger partial charge on any atom is -0.347 e. The van der Waals surface area contributed by atoms with Gasteiger partial charge in [-0.15, -0.1) is 0 Å². The Balaban J connectivity index is 1.44. The highest BCUT2D eigenvalue weighted by Gasteiger charge is 2.26. The molecule has 6 nitrogen and oxygen atoms in total. The van der Waals surface area contributed by atoms with Crippen LogP contribution in [-0.4, -0.2) is 45.8 Å². The van der Waals surface area contributed by atoms with Gasteiger partial charge in [-0.05, 0) is 30.4 Å². The van der Waals surface area contributed by atoms with Gasteiger partial charge in [0.2, 0.25) is 0 Å². The summed E-state index contributed by atoms with van der Waals surface area (Å²) < 4.78 is 1.73. The van der Waals surface area contributed by atoms with E-state index in [1.54, 1.807) is 4.68 Å². The summed E-state index contributed by atoms with van der Waals surface area (Å²) >= 11 is 0. The lowest BCUT2D eigenvalue weighted by Crippen LogP contribution is -2.36.